The molecule has 2 aliphatic heterocycles. The predicted molar refractivity (Wildman–Crippen MR) is 161 cm³/mol. The molecule has 4 atom stereocenters. The second kappa shape index (κ2) is 12.1. The Morgan fingerprint density at radius 1 is 0.837 bits per heavy atom. The molecular weight excluding hydrogens is 566 g/mol. The first-order valence-corrected chi connectivity index (χ1v) is 14.9. The molecule has 8 nitrogen and oxygen atoms in total. The van der Waals surface area contributed by atoms with E-state index >= 15 is 0 Å². The number of aliphatic hydroxyl groups is 1. The van der Waals surface area contributed by atoms with E-state index in [1.165, 1.54) is 16.7 Å². The van der Waals surface area contributed by atoms with E-state index in [0.29, 0.717) is 33.0 Å². The fourth-order valence-electron chi connectivity index (χ4n) is 5.49. The van der Waals surface area contributed by atoms with Gasteiger partial charge in [0.15, 0.2) is 6.29 Å². The van der Waals surface area contributed by atoms with Crippen LogP contribution in [0.3, 0.4) is 0 Å². The molecule has 0 bridgehead atoms. The van der Waals surface area contributed by atoms with Gasteiger partial charge in [-0.3, -0.25) is 9.59 Å². The number of carbonyl (C=O) groups excluding carboxylic acids is 2. The fraction of sp³-hybridized carbons (Fsp3) is 0.206. The number of aliphatic hydroxyl groups excluding tert-OH is 1. The van der Waals surface area contributed by atoms with Gasteiger partial charge in [0.2, 0.25) is 0 Å². The molecule has 43 heavy (non-hydrogen) atoms. The SMILES string of the molecule is C[C@@H]1[C@H](CSc2ccccc2C(=O)O)O[C@H](c2cccc(N3C(=O)c4ccccc4C3=O)c2)O[C@@H]1c1ccc(CO)cc1. The van der Waals surface area contributed by atoms with Crippen molar-refractivity contribution >= 4 is 35.2 Å². The van der Waals surface area contributed by atoms with Crippen LogP contribution in [0.5, 0.6) is 0 Å². The summed E-state index contributed by atoms with van der Waals surface area (Å²) in [7, 11) is 0. The molecule has 9 heteroatoms. The number of carboxylic acid groups (broad SMARTS) is 1. The average molecular weight is 596 g/mol. The number of hydrogen-bond acceptors (Lipinski definition) is 7. The van der Waals surface area contributed by atoms with Gasteiger partial charge in [0.05, 0.1) is 41.2 Å². The van der Waals surface area contributed by atoms with Gasteiger partial charge in [-0.05, 0) is 47.5 Å². The van der Waals surface area contributed by atoms with E-state index in [2.05, 4.69) is 0 Å². The lowest BCUT2D eigenvalue weighted by Gasteiger charge is -2.41. The minimum atomic E-state index is -0.992. The van der Waals surface area contributed by atoms with E-state index in [9.17, 15) is 24.6 Å². The third kappa shape index (κ3) is 5.60. The molecule has 2 amide bonds. The molecule has 0 saturated carbocycles. The highest BCUT2D eigenvalue weighted by molar-refractivity contribution is 7.99. The van der Waals surface area contributed by atoms with Crippen LogP contribution in [0.4, 0.5) is 5.69 Å². The largest absolute Gasteiger partial charge is 0.478 e. The summed E-state index contributed by atoms with van der Waals surface area (Å²) in [5.74, 6) is -1.40. The summed E-state index contributed by atoms with van der Waals surface area (Å²) in [5, 5.41) is 19.2. The minimum absolute atomic E-state index is 0.0695. The molecule has 4 aromatic rings. The van der Waals surface area contributed by atoms with Crippen LogP contribution in [0.15, 0.2) is 102 Å². The molecule has 0 spiro atoms. The highest BCUT2D eigenvalue weighted by atomic mass is 32.2. The van der Waals surface area contributed by atoms with Crippen molar-refractivity contribution in [3.8, 4) is 0 Å². The van der Waals surface area contributed by atoms with Crippen LogP contribution in [0, 0.1) is 5.92 Å². The molecule has 0 aliphatic carbocycles. The first-order valence-electron chi connectivity index (χ1n) is 13.9. The molecule has 2 N–H and O–H groups in total. The maximum atomic E-state index is 13.2. The van der Waals surface area contributed by atoms with Crippen LogP contribution in [0.25, 0.3) is 0 Å². The summed E-state index contributed by atoms with van der Waals surface area (Å²) in [6, 6.07) is 28.2. The van der Waals surface area contributed by atoms with Gasteiger partial charge in [-0.25, -0.2) is 9.69 Å². The van der Waals surface area contributed by atoms with Crippen molar-refractivity contribution in [2.45, 2.75) is 36.9 Å². The number of anilines is 1. The Kier molecular flexibility index (Phi) is 8.14. The molecule has 2 aliphatic rings. The maximum Gasteiger partial charge on any atom is 0.336 e. The summed E-state index contributed by atoms with van der Waals surface area (Å²) in [6.07, 6.45) is -1.54. The van der Waals surface area contributed by atoms with E-state index < -0.39 is 12.3 Å². The second-order valence-corrected chi connectivity index (χ2v) is 11.6. The molecule has 0 unspecified atom stereocenters. The van der Waals surface area contributed by atoms with E-state index in [4.69, 9.17) is 9.47 Å². The first kappa shape index (κ1) is 28.8. The average Bonchev–Trinajstić information content (AvgIpc) is 3.30. The Morgan fingerprint density at radius 3 is 2.19 bits per heavy atom. The van der Waals surface area contributed by atoms with Crippen molar-refractivity contribution < 1.29 is 34.1 Å². The second-order valence-electron chi connectivity index (χ2n) is 10.5. The van der Waals surface area contributed by atoms with Crippen molar-refractivity contribution in [1.82, 2.24) is 0 Å². The molecule has 0 aromatic heterocycles. The van der Waals surface area contributed by atoms with Crippen LogP contribution in [0.2, 0.25) is 0 Å². The minimum Gasteiger partial charge on any atom is -0.478 e. The molecular formula is C34H29NO7S. The Bertz CT molecular complexity index is 1650. The number of benzene rings is 4. The number of imide groups is 1. The number of amides is 2. The van der Waals surface area contributed by atoms with Gasteiger partial charge < -0.3 is 19.7 Å². The van der Waals surface area contributed by atoms with Crippen molar-refractivity contribution in [3.63, 3.8) is 0 Å². The molecule has 6 rings (SSSR count). The Morgan fingerprint density at radius 2 is 1.51 bits per heavy atom. The van der Waals surface area contributed by atoms with Gasteiger partial charge in [0, 0.05) is 22.1 Å². The zero-order chi connectivity index (χ0) is 30.1. The highest BCUT2D eigenvalue weighted by Gasteiger charge is 2.40. The normalized spacial score (nSPS) is 21.6. The van der Waals surface area contributed by atoms with Crippen LogP contribution in [0.1, 0.15) is 67.1 Å². The van der Waals surface area contributed by atoms with Crippen LogP contribution in [-0.2, 0) is 16.1 Å². The number of thioether (sulfide) groups is 1. The van der Waals surface area contributed by atoms with Crippen LogP contribution >= 0.6 is 11.8 Å². The van der Waals surface area contributed by atoms with E-state index in [1.54, 1.807) is 60.7 Å². The number of rotatable bonds is 8. The van der Waals surface area contributed by atoms with Gasteiger partial charge in [-0.1, -0.05) is 67.6 Å². The summed E-state index contributed by atoms with van der Waals surface area (Å²) in [5.41, 5.74) is 3.71. The van der Waals surface area contributed by atoms with Crippen LogP contribution < -0.4 is 4.90 Å². The van der Waals surface area contributed by atoms with Gasteiger partial charge >= 0.3 is 5.97 Å². The standard InChI is InChI=1S/C34H29NO7S/c1-20-28(19-43-29-12-5-4-11-27(29)33(39)40)41-34(42-30(20)22-15-13-21(18-36)14-16-22)23-7-6-8-24(17-23)35-31(37)25-9-2-3-10-26(25)32(35)38/h2-17,20,28,30,34,36H,18-19H2,1H3,(H,39,40)/t20-,28+,30+,34+/m1/s1. The summed E-state index contributed by atoms with van der Waals surface area (Å²) in [4.78, 5) is 39.9. The van der Waals surface area contributed by atoms with Gasteiger partial charge in [-0.15, -0.1) is 11.8 Å². The van der Waals surface area contributed by atoms with E-state index in [1.807, 2.05) is 43.3 Å². The zero-order valence-electron chi connectivity index (χ0n) is 23.3. The molecule has 4 aromatic carbocycles. The topological polar surface area (TPSA) is 113 Å². The molecule has 2 heterocycles. The summed E-state index contributed by atoms with van der Waals surface area (Å²) in [6.45, 7) is 1.96. The van der Waals surface area contributed by atoms with Crippen molar-refractivity contribution in [1.29, 1.82) is 0 Å². The molecule has 1 fully saturated rings. The zero-order valence-corrected chi connectivity index (χ0v) is 24.1. The number of fused-ring (bicyclic) bond motifs is 1. The van der Waals surface area contributed by atoms with Crippen molar-refractivity contribution in [2.24, 2.45) is 5.92 Å². The Balaban J connectivity index is 1.31. The highest BCUT2D eigenvalue weighted by Crippen LogP contribution is 2.44. The van der Waals surface area contributed by atoms with Crippen molar-refractivity contribution in [3.05, 3.63) is 130 Å². The lowest BCUT2D eigenvalue weighted by Crippen LogP contribution is -2.38. The van der Waals surface area contributed by atoms with Crippen LogP contribution in [-0.4, -0.2) is 39.9 Å². The maximum absolute atomic E-state index is 13.2. The third-order valence-corrected chi connectivity index (χ3v) is 9.00. The Hall–Kier alpha value is -4.28. The van der Waals surface area contributed by atoms with Gasteiger partial charge in [0.25, 0.3) is 11.8 Å². The predicted octanol–water partition coefficient (Wildman–Crippen LogP) is 6.26. The third-order valence-electron chi connectivity index (χ3n) is 7.84. The first-order chi connectivity index (χ1) is 20.9. The lowest BCUT2D eigenvalue weighted by atomic mass is 9.91. The number of carbonyl (C=O) groups is 3. The van der Waals surface area contributed by atoms with E-state index in [-0.39, 0.29) is 42.1 Å². The lowest BCUT2D eigenvalue weighted by molar-refractivity contribution is -0.268. The number of nitrogens with zero attached hydrogens (tertiary/aromatic N) is 1. The number of carboxylic acids is 1. The number of hydrogen-bond donors (Lipinski definition) is 2. The van der Waals surface area contributed by atoms with Gasteiger partial charge in [-0.2, -0.15) is 0 Å². The Labute approximate surface area is 252 Å². The summed E-state index contributed by atoms with van der Waals surface area (Å²) >= 11 is 1.41. The molecule has 1 saturated heterocycles. The quantitative estimate of drug-likeness (QED) is 0.181. The monoisotopic (exact) mass is 595 g/mol. The van der Waals surface area contributed by atoms with Gasteiger partial charge in [0.1, 0.15) is 0 Å². The molecule has 0 radical (unpaired) electrons. The molecule has 218 valence electrons. The number of ether oxygens (including phenoxy) is 2. The number of aromatic carboxylic acids is 1. The fourth-order valence-corrected chi connectivity index (χ4v) is 6.70. The van der Waals surface area contributed by atoms with E-state index in [0.717, 1.165) is 11.1 Å². The summed E-state index contributed by atoms with van der Waals surface area (Å²) < 4.78 is 13.1. The van der Waals surface area contributed by atoms with Crippen molar-refractivity contribution in [2.75, 3.05) is 10.7 Å². The smallest absolute Gasteiger partial charge is 0.336 e.